The van der Waals surface area contributed by atoms with Crippen molar-refractivity contribution in [2.24, 2.45) is 5.92 Å². The Morgan fingerprint density at radius 1 is 1.35 bits per heavy atom. The highest BCUT2D eigenvalue weighted by Gasteiger charge is 2.34. The average molecular weight is 277 g/mol. The van der Waals surface area contributed by atoms with Gasteiger partial charge in [0.05, 0.1) is 7.11 Å². The lowest BCUT2D eigenvalue weighted by Gasteiger charge is -2.28. The first-order valence-electron chi connectivity index (χ1n) is 7.28. The van der Waals surface area contributed by atoms with E-state index in [1.54, 1.807) is 6.07 Å². The van der Waals surface area contributed by atoms with Gasteiger partial charge >= 0.3 is 0 Å². The van der Waals surface area contributed by atoms with E-state index in [2.05, 4.69) is 5.32 Å². The van der Waals surface area contributed by atoms with Crippen molar-refractivity contribution in [3.8, 4) is 5.75 Å². The molecule has 0 spiro atoms. The van der Waals surface area contributed by atoms with Gasteiger partial charge in [0.2, 0.25) is 0 Å². The molecule has 3 rings (SSSR count). The molecule has 1 aromatic carbocycles. The number of Topliss-reactive ketones (excluding diaryl/α,β-unsaturated/α-hetero) is 1. The van der Waals surface area contributed by atoms with Crippen LogP contribution in [0.3, 0.4) is 0 Å². The molecular formula is C16H20FNO2. The van der Waals surface area contributed by atoms with Crippen LogP contribution in [0.25, 0.3) is 0 Å². The third-order valence-corrected chi connectivity index (χ3v) is 4.52. The highest BCUT2D eigenvalue weighted by Crippen LogP contribution is 2.33. The maximum Gasteiger partial charge on any atom is 0.165 e. The summed E-state index contributed by atoms with van der Waals surface area (Å²) in [6, 6.07) is 5.63. The predicted octanol–water partition coefficient (Wildman–Crippen LogP) is 2.94. The van der Waals surface area contributed by atoms with E-state index in [9.17, 15) is 9.18 Å². The molecule has 2 heterocycles. The zero-order valence-electron chi connectivity index (χ0n) is 11.7. The Kier molecular flexibility index (Phi) is 3.74. The molecule has 2 aliphatic heterocycles. The maximum atomic E-state index is 13.6. The first-order valence-corrected chi connectivity index (χ1v) is 7.28. The molecule has 4 heteroatoms. The smallest absolute Gasteiger partial charge is 0.165 e. The van der Waals surface area contributed by atoms with Gasteiger partial charge in [-0.2, -0.15) is 0 Å². The molecule has 0 aromatic heterocycles. The summed E-state index contributed by atoms with van der Waals surface area (Å²) in [6.07, 6.45) is 5.13. The number of fused-ring (bicyclic) bond motifs is 2. The van der Waals surface area contributed by atoms with Gasteiger partial charge in [0.1, 0.15) is 0 Å². The number of piperidine rings is 1. The Bertz CT molecular complexity index is 505. The first kappa shape index (κ1) is 13.6. The molecule has 0 amide bonds. The number of nitrogens with one attached hydrogen (secondary N) is 1. The van der Waals surface area contributed by atoms with Crippen LogP contribution in [0.5, 0.6) is 5.75 Å². The Labute approximate surface area is 118 Å². The summed E-state index contributed by atoms with van der Waals surface area (Å²) in [5.74, 6) is 0.189. The summed E-state index contributed by atoms with van der Waals surface area (Å²) in [7, 11) is 1.42. The van der Waals surface area contributed by atoms with Crippen molar-refractivity contribution >= 4 is 5.78 Å². The standard InChI is InChI=1S/C16H20FNO2/c1-20-16-5-2-11(9-14(16)17)15(19)8-10-6-12-3-4-13(7-10)18-12/h2,5,9-10,12-13,18H,3-4,6-8H2,1H3. The molecule has 2 atom stereocenters. The van der Waals surface area contributed by atoms with Gasteiger partial charge in [0.25, 0.3) is 0 Å². The molecular weight excluding hydrogens is 257 g/mol. The van der Waals surface area contributed by atoms with Crippen LogP contribution in [0.2, 0.25) is 0 Å². The number of ether oxygens (including phenoxy) is 1. The van der Waals surface area contributed by atoms with Gasteiger partial charge in [0, 0.05) is 24.1 Å². The second-order valence-corrected chi connectivity index (χ2v) is 5.95. The zero-order valence-corrected chi connectivity index (χ0v) is 11.7. The normalized spacial score (nSPS) is 28.4. The Morgan fingerprint density at radius 2 is 2.05 bits per heavy atom. The summed E-state index contributed by atoms with van der Waals surface area (Å²) in [5.41, 5.74) is 0.453. The Morgan fingerprint density at radius 3 is 2.65 bits per heavy atom. The summed E-state index contributed by atoms with van der Waals surface area (Å²) in [4.78, 5) is 12.3. The monoisotopic (exact) mass is 277 g/mol. The third-order valence-electron chi connectivity index (χ3n) is 4.52. The number of benzene rings is 1. The molecule has 0 aliphatic carbocycles. The number of rotatable bonds is 4. The number of ketones is 1. The van der Waals surface area contributed by atoms with Gasteiger partial charge < -0.3 is 10.1 Å². The lowest BCUT2D eigenvalue weighted by Crippen LogP contribution is -2.38. The minimum Gasteiger partial charge on any atom is -0.494 e. The zero-order chi connectivity index (χ0) is 14.1. The van der Waals surface area contributed by atoms with Gasteiger partial charge in [-0.1, -0.05) is 0 Å². The largest absolute Gasteiger partial charge is 0.494 e. The quantitative estimate of drug-likeness (QED) is 0.860. The van der Waals surface area contributed by atoms with Crippen LogP contribution in [0.1, 0.15) is 42.5 Å². The van der Waals surface area contributed by atoms with Crippen LogP contribution in [-0.2, 0) is 0 Å². The maximum absolute atomic E-state index is 13.6. The van der Waals surface area contributed by atoms with E-state index in [4.69, 9.17) is 4.74 Å². The number of hydrogen-bond donors (Lipinski definition) is 1. The van der Waals surface area contributed by atoms with Crippen LogP contribution in [0, 0.1) is 11.7 Å². The van der Waals surface area contributed by atoms with E-state index >= 15 is 0 Å². The van der Waals surface area contributed by atoms with Crippen LogP contribution in [-0.4, -0.2) is 25.0 Å². The third kappa shape index (κ3) is 2.70. The second kappa shape index (κ2) is 5.52. The number of halogens is 1. The van der Waals surface area contributed by atoms with Crippen LogP contribution >= 0.6 is 0 Å². The van der Waals surface area contributed by atoms with Crippen LogP contribution in [0.4, 0.5) is 4.39 Å². The van der Waals surface area contributed by atoms with Gasteiger partial charge in [-0.05, 0) is 49.8 Å². The Balaban J connectivity index is 1.65. The molecule has 0 saturated carbocycles. The fourth-order valence-electron chi connectivity index (χ4n) is 3.56. The van der Waals surface area contributed by atoms with Crippen molar-refractivity contribution in [2.45, 2.75) is 44.2 Å². The van der Waals surface area contributed by atoms with E-state index in [1.165, 1.54) is 32.1 Å². The lowest BCUT2D eigenvalue weighted by atomic mass is 9.87. The molecule has 1 N–H and O–H groups in total. The van der Waals surface area contributed by atoms with Gasteiger partial charge in [-0.15, -0.1) is 0 Å². The molecule has 0 radical (unpaired) electrons. The lowest BCUT2D eigenvalue weighted by molar-refractivity contribution is 0.0945. The first-order chi connectivity index (χ1) is 9.65. The van der Waals surface area contributed by atoms with Gasteiger partial charge in [-0.25, -0.2) is 4.39 Å². The minimum absolute atomic E-state index is 0.0397. The molecule has 2 unspecified atom stereocenters. The topological polar surface area (TPSA) is 38.3 Å². The van der Waals surface area contributed by atoms with Crippen LogP contribution < -0.4 is 10.1 Å². The van der Waals surface area contributed by atoms with E-state index in [-0.39, 0.29) is 11.5 Å². The predicted molar refractivity (Wildman–Crippen MR) is 74.6 cm³/mol. The highest BCUT2D eigenvalue weighted by atomic mass is 19.1. The van der Waals surface area contributed by atoms with Gasteiger partial charge in [-0.3, -0.25) is 4.79 Å². The van der Waals surface area contributed by atoms with E-state index in [0.717, 1.165) is 12.8 Å². The van der Waals surface area contributed by atoms with E-state index < -0.39 is 5.82 Å². The molecule has 108 valence electrons. The molecule has 2 bridgehead atoms. The van der Waals surface area contributed by atoms with Crippen molar-refractivity contribution in [3.05, 3.63) is 29.6 Å². The SMILES string of the molecule is COc1ccc(C(=O)CC2CC3CCC(C2)N3)cc1F. The highest BCUT2D eigenvalue weighted by molar-refractivity contribution is 5.96. The fraction of sp³-hybridized carbons (Fsp3) is 0.562. The molecule has 2 saturated heterocycles. The molecule has 1 aromatic rings. The average Bonchev–Trinajstić information content (AvgIpc) is 2.77. The van der Waals surface area contributed by atoms with Crippen molar-refractivity contribution < 1.29 is 13.9 Å². The second-order valence-electron chi connectivity index (χ2n) is 5.95. The van der Waals surface area contributed by atoms with Crippen molar-refractivity contribution in [2.75, 3.05) is 7.11 Å². The van der Waals surface area contributed by atoms with Crippen molar-refractivity contribution in [1.82, 2.24) is 5.32 Å². The summed E-state index contributed by atoms with van der Waals surface area (Å²) < 4.78 is 18.5. The van der Waals surface area contributed by atoms with Crippen molar-refractivity contribution in [1.29, 1.82) is 0 Å². The fourth-order valence-corrected chi connectivity index (χ4v) is 3.56. The number of carbonyl (C=O) groups is 1. The summed E-state index contributed by atoms with van der Waals surface area (Å²) >= 11 is 0. The number of carbonyl (C=O) groups excluding carboxylic acids is 1. The number of hydrogen-bond acceptors (Lipinski definition) is 3. The van der Waals surface area contributed by atoms with Crippen molar-refractivity contribution in [3.63, 3.8) is 0 Å². The summed E-state index contributed by atoms with van der Waals surface area (Å²) in [6.45, 7) is 0. The molecule has 2 fully saturated rings. The Hall–Kier alpha value is -1.42. The molecule has 2 aliphatic rings. The molecule has 3 nitrogen and oxygen atoms in total. The summed E-state index contributed by atoms with van der Waals surface area (Å²) in [5, 5.41) is 3.57. The van der Waals surface area contributed by atoms with E-state index in [1.807, 2.05) is 0 Å². The molecule has 20 heavy (non-hydrogen) atoms. The van der Waals surface area contributed by atoms with E-state index in [0.29, 0.717) is 30.0 Å². The van der Waals surface area contributed by atoms with Crippen LogP contribution in [0.15, 0.2) is 18.2 Å². The van der Waals surface area contributed by atoms with Gasteiger partial charge in [0.15, 0.2) is 17.3 Å². The number of methoxy groups -OCH3 is 1. The minimum atomic E-state index is -0.469.